The van der Waals surface area contributed by atoms with Crippen molar-refractivity contribution in [3.63, 3.8) is 0 Å². The van der Waals surface area contributed by atoms with Gasteiger partial charge in [-0.1, -0.05) is 6.82 Å². The van der Waals surface area contributed by atoms with Gasteiger partial charge < -0.3 is 10.8 Å². The third-order valence-corrected chi connectivity index (χ3v) is 0.573. The molecule has 0 saturated carbocycles. The number of hydrogen-bond donors (Lipinski definition) is 3. The lowest BCUT2D eigenvalue weighted by Gasteiger charge is -1.95. The normalized spacial score (nSPS) is 14.2. The van der Waals surface area contributed by atoms with Crippen LogP contribution in [0, 0.1) is 0 Å². The third kappa shape index (κ3) is 30.1. The second-order valence-corrected chi connectivity index (χ2v) is 2.16. The van der Waals surface area contributed by atoms with Gasteiger partial charge in [-0.15, -0.1) is 0 Å². The minimum Gasteiger partial charge on any atom is -0.393 e. The number of aliphatic hydroxyl groups is 1. The molecule has 9 heavy (non-hydrogen) atoms. The van der Waals surface area contributed by atoms with Gasteiger partial charge in [-0.2, -0.15) is 0 Å². The van der Waals surface area contributed by atoms with E-state index >= 15 is 0 Å². The van der Waals surface area contributed by atoms with Crippen LogP contribution in [-0.2, 0) is 0 Å². The van der Waals surface area contributed by atoms with Gasteiger partial charge in [0.25, 0.3) is 0 Å². The quantitative estimate of drug-likeness (QED) is 0.394. The molecular weight excluding hydrogens is 133 g/mol. The molecule has 0 aromatic carbocycles. The summed E-state index contributed by atoms with van der Waals surface area (Å²) in [4.78, 5) is 0. The van der Waals surface area contributed by atoms with E-state index in [0.717, 1.165) is 6.42 Å². The summed E-state index contributed by atoms with van der Waals surface area (Å²) in [6, 6.07) is 0. The smallest absolute Gasteiger partial charge is 0.210 e. The van der Waals surface area contributed by atoms with E-state index in [1.165, 1.54) is 0 Å². The minimum absolute atomic E-state index is 0.00926. The summed E-state index contributed by atoms with van der Waals surface area (Å²) in [5.74, 6) is 0. The Kier molecular flexibility index (Phi) is 9.24. The summed E-state index contributed by atoms with van der Waals surface area (Å²) in [6.07, 6.45) is 0.758. The Balaban J connectivity index is 0. The van der Waals surface area contributed by atoms with E-state index in [1.807, 2.05) is 6.92 Å². The summed E-state index contributed by atoms with van der Waals surface area (Å²) in [5, 5.41) is 4.16. The van der Waals surface area contributed by atoms with E-state index in [2.05, 4.69) is 17.6 Å². The van der Waals surface area contributed by atoms with E-state index in [4.69, 9.17) is 8.50 Å². The molecule has 0 heterocycles. The number of rotatable bonds is 3. The fourth-order valence-electron chi connectivity index (χ4n) is 0.235. The van der Waals surface area contributed by atoms with Crippen LogP contribution in [0.1, 0.15) is 13.3 Å². The van der Waals surface area contributed by atoms with Gasteiger partial charge in [0.2, 0.25) is 1.43 Å². The van der Waals surface area contributed by atoms with Gasteiger partial charge in [-0.25, -0.2) is 12.5 Å². The van der Waals surface area contributed by atoms with Crippen molar-refractivity contribution in [2.75, 3.05) is 6.54 Å². The summed E-state index contributed by atoms with van der Waals surface area (Å²) >= 11 is 3.63. The first kappa shape index (κ1) is 7.44. The Morgan fingerprint density at radius 1 is 2.22 bits per heavy atom. The van der Waals surface area contributed by atoms with Crippen LogP contribution in [0.2, 0.25) is 6.82 Å². The molecule has 0 aliphatic rings. The van der Waals surface area contributed by atoms with E-state index in [-0.39, 0.29) is 12.6 Å². The molecule has 0 aliphatic heterocycles. The van der Waals surface area contributed by atoms with E-state index in [9.17, 15) is 0 Å². The number of aliphatic hydroxyl groups excluding tert-OH is 1. The molecule has 1 unspecified atom stereocenters. The molecule has 0 radical (unpaired) electrons. The molecule has 0 amide bonds. The zero-order valence-electron chi connectivity index (χ0n) is 8.00. The van der Waals surface area contributed by atoms with Crippen LogP contribution < -0.4 is 5.73 Å². The van der Waals surface area contributed by atoms with Crippen molar-refractivity contribution in [2.24, 2.45) is 5.73 Å². The molecule has 4 heteroatoms. The molecule has 0 aliphatic carbocycles. The van der Waals surface area contributed by atoms with Crippen molar-refractivity contribution >= 4 is 19.0 Å². The maximum absolute atomic E-state index is 6.45. The first-order chi connectivity index (χ1) is 5.04. The van der Waals surface area contributed by atoms with Crippen molar-refractivity contribution in [3.05, 3.63) is 0 Å². The lowest BCUT2D eigenvalue weighted by Crippen LogP contribution is -2.08. The Morgan fingerprint density at radius 2 is 2.67 bits per heavy atom. The minimum atomic E-state index is -0.222. The van der Waals surface area contributed by atoms with Crippen molar-refractivity contribution in [1.82, 2.24) is 0 Å². The standard InChI is InChI=1S/C4H11NO.CH5BS/c1-4(6)2-3-5;1-2-3/h4,6H,2-3,5H2,1H3;2-3H,1H3/i6T;2D. The van der Waals surface area contributed by atoms with Crippen molar-refractivity contribution in [2.45, 2.75) is 26.3 Å². The van der Waals surface area contributed by atoms with Crippen LogP contribution in [-0.4, -0.2) is 27.0 Å². The molecule has 0 spiro atoms. The SMILES string of the molecule is [2H]B(C)S.[3H]OC(C)CCN. The molecule has 0 bridgehead atoms. The van der Waals surface area contributed by atoms with Crippen molar-refractivity contribution in [3.8, 4) is 0 Å². The van der Waals surface area contributed by atoms with Gasteiger partial charge in [0, 0.05) is 0 Å². The Morgan fingerprint density at radius 3 is 2.78 bits per heavy atom. The molecule has 0 fully saturated rings. The van der Waals surface area contributed by atoms with Gasteiger partial charge >= 0.3 is 0 Å². The van der Waals surface area contributed by atoms with Gasteiger partial charge in [0.15, 0.2) is 6.52 Å². The topological polar surface area (TPSA) is 46.2 Å². The summed E-state index contributed by atoms with van der Waals surface area (Å²) in [7, 11) is 0. The second-order valence-electron chi connectivity index (χ2n) is 1.65. The lowest BCUT2D eigenvalue weighted by molar-refractivity contribution is 0.187. The predicted molar refractivity (Wildman–Crippen MR) is 47.4 cm³/mol. The molecule has 3 N–H and O–H groups in total. The first-order valence-electron chi connectivity index (χ1n) is 3.95. The summed E-state index contributed by atoms with van der Waals surface area (Å²) in [5.41, 5.74) is 5.14. The highest BCUT2D eigenvalue weighted by Crippen LogP contribution is 1.81. The van der Waals surface area contributed by atoms with Crippen LogP contribution in [0.5, 0.6) is 0 Å². The molecule has 2 nitrogen and oxygen atoms in total. The first-order valence-corrected chi connectivity index (χ1v) is 3.48. The Bertz CT molecular complexity index is 76.7. The number of thiol groups is 1. The van der Waals surface area contributed by atoms with Crippen molar-refractivity contribution < 1.29 is 5.11 Å². The van der Waals surface area contributed by atoms with E-state index in [1.54, 1.807) is 6.82 Å². The molecule has 1 atom stereocenters. The molecule has 0 aromatic heterocycles. The lowest BCUT2D eigenvalue weighted by atomic mass is 10.2. The average Bonchev–Trinajstić information content (AvgIpc) is 1.87. The maximum Gasteiger partial charge on any atom is 0.210 e. The molecular formula is C5H16BNOS. The fraction of sp³-hybridized carbons (Fsp3) is 1.00. The zero-order valence-corrected chi connectivity index (χ0v) is 6.90. The highest BCUT2D eigenvalue weighted by molar-refractivity contribution is 8.06. The number of nitrogens with two attached hydrogens (primary N) is 1. The van der Waals surface area contributed by atoms with Crippen LogP contribution in [0.3, 0.4) is 0 Å². The van der Waals surface area contributed by atoms with Gasteiger partial charge in [-0.05, 0) is 21.2 Å². The highest BCUT2D eigenvalue weighted by atomic mass is 32.1. The monoisotopic (exact) mass is 152 g/mol. The van der Waals surface area contributed by atoms with Crippen LogP contribution >= 0.6 is 12.5 Å². The molecule has 0 rings (SSSR count). The van der Waals surface area contributed by atoms with Gasteiger partial charge in [0.05, 0.1) is 6.10 Å². The highest BCUT2D eigenvalue weighted by Gasteiger charge is 1.87. The second kappa shape index (κ2) is 11.2. The average molecular weight is 152 g/mol. The van der Waals surface area contributed by atoms with Crippen LogP contribution in [0.4, 0.5) is 0 Å². The predicted octanol–water partition coefficient (Wildman–Crippen LogP) is 0.0318. The third-order valence-electron chi connectivity index (χ3n) is 0.573. The fourth-order valence-corrected chi connectivity index (χ4v) is 0.235. The summed E-state index contributed by atoms with van der Waals surface area (Å²) < 4.78 is 12.8. The Labute approximate surface area is 66.2 Å². The largest absolute Gasteiger partial charge is 0.393 e. The molecule has 0 saturated heterocycles. The molecule has 56 valence electrons. The number of hydrogen-bond acceptors (Lipinski definition) is 3. The van der Waals surface area contributed by atoms with Crippen LogP contribution in [0.15, 0.2) is 0 Å². The maximum atomic E-state index is 6.45. The molecule has 0 aromatic rings. The van der Waals surface area contributed by atoms with Crippen molar-refractivity contribution in [1.29, 1.82) is 2.77 Å². The van der Waals surface area contributed by atoms with Gasteiger partial charge in [-0.3, -0.25) is 0 Å². The van der Waals surface area contributed by atoms with E-state index < -0.39 is 0 Å². The zero-order chi connectivity index (χ0) is 9.28. The van der Waals surface area contributed by atoms with Crippen LogP contribution in [0.25, 0.3) is 0 Å². The van der Waals surface area contributed by atoms with Gasteiger partial charge in [0.1, 0.15) is 0 Å². The van der Waals surface area contributed by atoms with E-state index in [0.29, 0.717) is 6.54 Å². The summed E-state index contributed by atoms with van der Waals surface area (Å²) in [6.45, 7) is 3.89. The Hall–Kier alpha value is 0.335.